The molecule has 2 rings (SSSR count). The van der Waals surface area contributed by atoms with E-state index in [1.807, 2.05) is 0 Å². The van der Waals surface area contributed by atoms with Crippen LogP contribution in [-0.2, 0) is 13.1 Å². The minimum absolute atomic E-state index is 0.0573. The smallest absolute Gasteiger partial charge is 0.127 e. The van der Waals surface area contributed by atoms with Crippen LogP contribution in [0.25, 0.3) is 0 Å². The molecule has 0 fully saturated rings. The normalized spacial score (nSPS) is 10.6. The van der Waals surface area contributed by atoms with Gasteiger partial charge in [-0.2, -0.15) is 0 Å². The number of halogens is 1. The van der Waals surface area contributed by atoms with E-state index in [9.17, 15) is 9.50 Å². The van der Waals surface area contributed by atoms with Crippen LogP contribution < -0.4 is 5.32 Å². The predicted molar refractivity (Wildman–Crippen MR) is 59.8 cm³/mol. The highest BCUT2D eigenvalue weighted by Gasteiger charge is 1.99. The number of nitrogens with zero attached hydrogens (tertiary/aromatic N) is 3. The van der Waals surface area contributed by atoms with Crippen molar-refractivity contribution < 1.29 is 9.50 Å². The van der Waals surface area contributed by atoms with Crippen molar-refractivity contribution in [2.75, 3.05) is 6.54 Å². The van der Waals surface area contributed by atoms with Crippen LogP contribution in [0.4, 0.5) is 4.39 Å². The summed E-state index contributed by atoms with van der Waals surface area (Å²) in [5.74, 6) is -0.490. The lowest BCUT2D eigenvalue weighted by Gasteiger charge is -2.05. The Kier molecular flexibility index (Phi) is 3.66. The van der Waals surface area contributed by atoms with Crippen LogP contribution in [0.3, 0.4) is 0 Å². The zero-order valence-electron chi connectivity index (χ0n) is 9.17. The highest BCUT2D eigenvalue weighted by molar-refractivity contribution is 5.28. The molecule has 0 radical (unpaired) electrons. The zero-order chi connectivity index (χ0) is 12.1. The fourth-order valence-corrected chi connectivity index (χ4v) is 1.51. The number of phenolic OH excluding ortho intramolecular Hbond substituents is 1. The summed E-state index contributed by atoms with van der Waals surface area (Å²) in [6, 6.07) is 4.01. The van der Waals surface area contributed by atoms with Gasteiger partial charge in [-0.1, -0.05) is 5.21 Å². The van der Waals surface area contributed by atoms with E-state index in [2.05, 4.69) is 15.6 Å². The van der Waals surface area contributed by atoms with Crippen molar-refractivity contribution >= 4 is 0 Å². The second kappa shape index (κ2) is 5.40. The van der Waals surface area contributed by atoms with Gasteiger partial charge in [-0.3, -0.25) is 4.68 Å². The van der Waals surface area contributed by atoms with Crippen molar-refractivity contribution in [3.8, 4) is 5.75 Å². The molecule has 17 heavy (non-hydrogen) atoms. The first-order chi connectivity index (χ1) is 8.24. The Morgan fingerprint density at radius 2 is 2.24 bits per heavy atom. The minimum Gasteiger partial charge on any atom is -0.508 e. The van der Waals surface area contributed by atoms with E-state index in [4.69, 9.17) is 0 Å². The van der Waals surface area contributed by atoms with Crippen LogP contribution >= 0.6 is 0 Å². The SMILES string of the molecule is Oc1cc(F)cc(CNCCn2ccnn2)c1. The molecule has 0 amide bonds. The van der Waals surface area contributed by atoms with Crippen LogP contribution in [0.1, 0.15) is 5.56 Å². The first-order valence-corrected chi connectivity index (χ1v) is 5.27. The predicted octanol–water partition coefficient (Wildman–Crippen LogP) is 0.913. The van der Waals surface area contributed by atoms with Gasteiger partial charge in [0.05, 0.1) is 12.7 Å². The third-order valence-corrected chi connectivity index (χ3v) is 2.26. The molecule has 0 unspecified atom stereocenters. The molecular formula is C11H13FN4O. The highest BCUT2D eigenvalue weighted by atomic mass is 19.1. The molecule has 2 N–H and O–H groups in total. The second-order valence-corrected chi connectivity index (χ2v) is 3.66. The van der Waals surface area contributed by atoms with Gasteiger partial charge < -0.3 is 10.4 Å². The van der Waals surface area contributed by atoms with Crippen molar-refractivity contribution in [1.82, 2.24) is 20.3 Å². The molecule has 0 aliphatic heterocycles. The van der Waals surface area contributed by atoms with E-state index < -0.39 is 5.82 Å². The number of hydrogen-bond donors (Lipinski definition) is 2. The standard InChI is InChI=1S/C11H13FN4O/c12-10-5-9(6-11(17)7-10)8-13-1-3-16-4-2-14-15-16/h2,4-7,13,17H,1,3,8H2. The molecule has 90 valence electrons. The molecule has 2 aromatic rings. The Hall–Kier alpha value is -1.95. The summed E-state index contributed by atoms with van der Waals surface area (Å²) in [7, 11) is 0. The molecule has 0 saturated carbocycles. The second-order valence-electron chi connectivity index (χ2n) is 3.66. The Morgan fingerprint density at radius 3 is 2.94 bits per heavy atom. The summed E-state index contributed by atoms with van der Waals surface area (Å²) in [5, 5.41) is 19.8. The molecule has 0 atom stereocenters. The van der Waals surface area contributed by atoms with Crippen LogP contribution in [0.2, 0.25) is 0 Å². The average molecular weight is 236 g/mol. The van der Waals surface area contributed by atoms with Crippen molar-refractivity contribution in [3.05, 3.63) is 42.0 Å². The number of nitrogens with one attached hydrogen (secondary N) is 1. The van der Waals surface area contributed by atoms with Crippen LogP contribution in [0, 0.1) is 5.82 Å². The average Bonchev–Trinajstić information content (AvgIpc) is 2.76. The highest BCUT2D eigenvalue weighted by Crippen LogP contribution is 2.14. The lowest BCUT2D eigenvalue weighted by atomic mass is 10.2. The Morgan fingerprint density at radius 1 is 1.35 bits per heavy atom. The molecule has 0 aliphatic carbocycles. The van der Waals surface area contributed by atoms with Crippen LogP contribution in [0.5, 0.6) is 5.75 Å². The summed E-state index contributed by atoms with van der Waals surface area (Å²) in [6.07, 6.45) is 3.39. The van der Waals surface area contributed by atoms with Gasteiger partial charge in [0.15, 0.2) is 0 Å². The summed E-state index contributed by atoms with van der Waals surface area (Å²) >= 11 is 0. The summed E-state index contributed by atoms with van der Waals surface area (Å²) in [4.78, 5) is 0. The monoisotopic (exact) mass is 236 g/mol. The van der Waals surface area contributed by atoms with Gasteiger partial charge in [0, 0.05) is 25.4 Å². The molecule has 0 spiro atoms. The van der Waals surface area contributed by atoms with E-state index in [1.54, 1.807) is 17.1 Å². The van der Waals surface area contributed by atoms with Gasteiger partial charge in [-0.25, -0.2) is 4.39 Å². The molecule has 1 aromatic heterocycles. The lowest BCUT2D eigenvalue weighted by molar-refractivity contribution is 0.467. The summed E-state index contributed by atoms with van der Waals surface area (Å²) in [6.45, 7) is 1.89. The first kappa shape index (κ1) is 11.5. The number of rotatable bonds is 5. The van der Waals surface area contributed by atoms with Gasteiger partial charge in [0.2, 0.25) is 0 Å². The fraction of sp³-hybridized carbons (Fsp3) is 0.273. The van der Waals surface area contributed by atoms with Gasteiger partial charge in [-0.15, -0.1) is 5.10 Å². The van der Waals surface area contributed by atoms with Gasteiger partial charge in [0.1, 0.15) is 11.6 Å². The van der Waals surface area contributed by atoms with E-state index in [1.165, 1.54) is 12.1 Å². The van der Waals surface area contributed by atoms with E-state index >= 15 is 0 Å². The maximum atomic E-state index is 13.0. The van der Waals surface area contributed by atoms with Gasteiger partial charge >= 0.3 is 0 Å². The van der Waals surface area contributed by atoms with Gasteiger partial charge in [-0.05, 0) is 17.7 Å². The number of hydrogen-bond acceptors (Lipinski definition) is 4. The van der Waals surface area contributed by atoms with E-state index in [0.29, 0.717) is 25.2 Å². The topological polar surface area (TPSA) is 63.0 Å². The molecule has 6 heteroatoms. The molecule has 0 aliphatic rings. The molecule has 5 nitrogen and oxygen atoms in total. The number of aromatic hydroxyl groups is 1. The maximum absolute atomic E-state index is 13.0. The number of phenols is 1. The zero-order valence-corrected chi connectivity index (χ0v) is 9.17. The minimum atomic E-state index is -0.432. The number of benzene rings is 1. The molecule has 1 aromatic carbocycles. The molecular weight excluding hydrogens is 223 g/mol. The molecule has 0 saturated heterocycles. The van der Waals surface area contributed by atoms with Crippen molar-refractivity contribution in [3.63, 3.8) is 0 Å². The van der Waals surface area contributed by atoms with Crippen molar-refractivity contribution in [2.24, 2.45) is 0 Å². The molecule has 0 bridgehead atoms. The van der Waals surface area contributed by atoms with Crippen molar-refractivity contribution in [2.45, 2.75) is 13.1 Å². The largest absolute Gasteiger partial charge is 0.508 e. The van der Waals surface area contributed by atoms with Crippen molar-refractivity contribution in [1.29, 1.82) is 0 Å². The third-order valence-electron chi connectivity index (χ3n) is 2.26. The lowest BCUT2D eigenvalue weighted by Crippen LogP contribution is -2.19. The van der Waals surface area contributed by atoms with Crippen LogP contribution in [0.15, 0.2) is 30.6 Å². The Labute approximate surface area is 97.9 Å². The Balaban J connectivity index is 1.78. The van der Waals surface area contributed by atoms with Crippen LogP contribution in [-0.4, -0.2) is 26.6 Å². The maximum Gasteiger partial charge on any atom is 0.127 e. The van der Waals surface area contributed by atoms with E-state index in [-0.39, 0.29) is 5.75 Å². The Bertz CT molecular complexity index is 452. The summed E-state index contributed by atoms with van der Waals surface area (Å²) in [5.41, 5.74) is 0.709. The number of aromatic nitrogens is 3. The first-order valence-electron chi connectivity index (χ1n) is 5.27. The van der Waals surface area contributed by atoms with E-state index in [0.717, 1.165) is 6.07 Å². The third kappa shape index (κ3) is 3.53. The summed E-state index contributed by atoms with van der Waals surface area (Å²) < 4.78 is 14.7. The quantitative estimate of drug-likeness (QED) is 0.757. The fourth-order valence-electron chi connectivity index (χ4n) is 1.51. The van der Waals surface area contributed by atoms with Gasteiger partial charge in [0.25, 0.3) is 0 Å². The molecule has 1 heterocycles.